The molecular formula is C14H18N4. The molecule has 18 heavy (non-hydrogen) atoms. The molecule has 0 radical (unpaired) electrons. The van der Waals surface area contributed by atoms with Crippen LogP contribution in [0.15, 0.2) is 42.6 Å². The van der Waals surface area contributed by atoms with Gasteiger partial charge >= 0.3 is 0 Å². The number of hydrogen-bond donors (Lipinski definition) is 1. The lowest BCUT2D eigenvalue weighted by molar-refractivity contribution is 0.666. The van der Waals surface area contributed by atoms with E-state index >= 15 is 0 Å². The van der Waals surface area contributed by atoms with Crippen LogP contribution in [0, 0.1) is 0 Å². The van der Waals surface area contributed by atoms with Crippen LogP contribution in [0.1, 0.15) is 19.4 Å². The average Bonchev–Trinajstić information content (AvgIpc) is 2.37. The van der Waals surface area contributed by atoms with Crippen molar-refractivity contribution in [2.45, 2.75) is 26.4 Å². The minimum Gasteiger partial charge on any atom is -0.399 e. The van der Waals surface area contributed by atoms with Gasteiger partial charge in [0, 0.05) is 24.5 Å². The minimum absolute atomic E-state index is 0.350. The number of benzene rings is 1. The van der Waals surface area contributed by atoms with Crippen molar-refractivity contribution < 1.29 is 0 Å². The van der Waals surface area contributed by atoms with Crippen molar-refractivity contribution in [1.82, 2.24) is 10.2 Å². The van der Waals surface area contributed by atoms with E-state index in [2.05, 4.69) is 35.0 Å². The predicted molar refractivity (Wildman–Crippen MR) is 74.2 cm³/mol. The molecule has 4 heteroatoms. The number of nitrogens with two attached hydrogens (primary N) is 1. The highest BCUT2D eigenvalue weighted by molar-refractivity contribution is 5.44. The molecule has 0 aliphatic heterocycles. The van der Waals surface area contributed by atoms with E-state index in [1.54, 1.807) is 6.20 Å². The maximum absolute atomic E-state index is 5.80. The quantitative estimate of drug-likeness (QED) is 0.837. The Bertz CT molecular complexity index is 496. The van der Waals surface area contributed by atoms with Crippen LogP contribution in [-0.2, 0) is 6.54 Å². The first kappa shape index (κ1) is 12.4. The summed E-state index contributed by atoms with van der Waals surface area (Å²) in [5, 5.41) is 8.09. The maximum atomic E-state index is 5.80. The molecule has 0 bridgehead atoms. The van der Waals surface area contributed by atoms with E-state index in [1.165, 1.54) is 5.56 Å². The van der Waals surface area contributed by atoms with Crippen LogP contribution in [0.5, 0.6) is 0 Å². The second-order valence-electron chi connectivity index (χ2n) is 4.55. The smallest absolute Gasteiger partial charge is 0.151 e. The summed E-state index contributed by atoms with van der Waals surface area (Å²) < 4.78 is 0. The van der Waals surface area contributed by atoms with Crippen molar-refractivity contribution in [2.75, 3.05) is 10.6 Å². The summed E-state index contributed by atoms with van der Waals surface area (Å²) >= 11 is 0. The summed E-state index contributed by atoms with van der Waals surface area (Å²) in [6.07, 6.45) is 1.68. The highest BCUT2D eigenvalue weighted by Crippen LogP contribution is 2.17. The number of aromatic nitrogens is 2. The van der Waals surface area contributed by atoms with E-state index in [1.807, 2.05) is 30.3 Å². The summed E-state index contributed by atoms with van der Waals surface area (Å²) in [5.41, 5.74) is 7.77. The largest absolute Gasteiger partial charge is 0.399 e. The minimum atomic E-state index is 0.350. The van der Waals surface area contributed by atoms with Crippen molar-refractivity contribution in [3.63, 3.8) is 0 Å². The first-order chi connectivity index (χ1) is 8.66. The van der Waals surface area contributed by atoms with Gasteiger partial charge in [0.05, 0.1) is 0 Å². The lowest BCUT2D eigenvalue weighted by Crippen LogP contribution is -2.31. The lowest BCUT2D eigenvalue weighted by atomic mass is 10.1. The highest BCUT2D eigenvalue weighted by atomic mass is 15.3. The summed E-state index contributed by atoms with van der Waals surface area (Å²) in [4.78, 5) is 2.20. The van der Waals surface area contributed by atoms with Gasteiger partial charge in [-0.15, -0.1) is 5.10 Å². The van der Waals surface area contributed by atoms with Crippen molar-refractivity contribution in [3.05, 3.63) is 48.2 Å². The van der Waals surface area contributed by atoms with E-state index in [0.717, 1.165) is 18.1 Å². The molecule has 1 aromatic carbocycles. The summed E-state index contributed by atoms with van der Waals surface area (Å²) in [5.74, 6) is 0.884. The van der Waals surface area contributed by atoms with Crippen LogP contribution in [0.25, 0.3) is 0 Å². The van der Waals surface area contributed by atoms with Crippen LogP contribution in [-0.4, -0.2) is 16.2 Å². The SMILES string of the molecule is CC(C)N(Cc1cccc(N)c1)c1cccnn1. The van der Waals surface area contributed by atoms with E-state index in [0.29, 0.717) is 6.04 Å². The van der Waals surface area contributed by atoms with Gasteiger partial charge in [0.2, 0.25) is 0 Å². The molecular weight excluding hydrogens is 224 g/mol. The van der Waals surface area contributed by atoms with Crippen molar-refractivity contribution in [2.24, 2.45) is 0 Å². The van der Waals surface area contributed by atoms with Gasteiger partial charge in [-0.3, -0.25) is 0 Å². The fourth-order valence-corrected chi connectivity index (χ4v) is 1.86. The molecule has 4 nitrogen and oxygen atoms in total. The number of nitrogen functional groups attached to an aromatic ring is 1. The van der Waals surface area contributed by atoms with Gasteiger partial charge in [0.1, 0.15) is 0 Å². The molecule has 0 atom stereocenters. The van der Waals surface area contributed by atoms with Gasteiger partial charge in [0.25, 0.3) is 0 Å². The molecule has 2 rings (SSSR count). The van der Waals surface area contributed by atoms with Crippen LogP contribution in [0.2, 0.25) is 0 Å². The molecule has 0 aliphatic carbocycles. The maximum Gasteiger partial charge on any atom is 0.151 e. The third-order valence-electron chi connectivity index (χ3n) is 2.78. The second kappa shape index (κ2) is 5.49. The highest BCUT2D eigenvalue weighted by Gasteiger charge is 2.12. The zero-order valence-electron chi connectivity index (χ0n) is 10.7. The standard InChI is InChI=1S/C14H18N4/c1-11(2)18(14-7-4-8-16-17-14)10-12-5-3-6-13(15)9-12/h3-9,11H,10,15H2,1-2H3. The third kappa shape index (κ3) is 2.97. The lowest BCUT2D eigenvalue weighted by Gasteiger charge is -2.27. The Morgan fingerprint density at radius 3 is 2.67 bits per heavy atom. The van der Waals surface area contributed by atoms with Crippen LogP contribution in [0.3, 0.4) is 0 Å². The van der Waals surface area contributed by atoms with Crippen molar-refractivity contribution in [1.29, 1.82) is 0 Å². The normalized spacial score (nSPS) is 10.6. The van der Waals surface area contributed by atoms with Gasteiger partial charge in [-0.2, -0.15) is 5.10 Å². The zero-order chi connectivity index (χ0) is 13.0. The molecule has 1 heterocycles. The Morgan fingerprint density at radius 1 is 1.22 bits per heavy atom. The van der Waals surface area contributed by atoms with E-state index in [9.17, 15) is 0 Å². The van der Waals surface area contributed by atoms with E-state index in [4.69, 9.17) is 5.73 Å². The Hall–Kier alpha value is -2.10. The fourth-order valence-electron chi connectivity index (χ4n) is 1.86. The molecule has 0 amide bonds. The molecule has 2 aromatic rings. The number of anilines is 2. The van der Waals surface area contributed by atoms with Gasteiger partial charge < -0.3 is 10.6 Å². The topological polar surface area (TPSA) is 55.0 Å². The molecule has 0 saturated carbocycles. The Morgan fingerprint density at radius 2 is 2.06 bits per heavy atom. The van der Waals surface area contributed by atoms with Crippen LogP contribution >= 0.6 is 0 Å². The molecule has 0 saturated heterocycles. The molecule has 94 valence electrons. The number of rotatable bonds is 4. The molecule has 0 unspecified atom stereocenters. The number of nitrogens with zero attached hydrogens (tertiary/aromatic N) is 3. The van der Waals surface area contributed by atoms with Crippen LogP contribution < -0.4 is 10.6 Å². The Labute approximate surface area is 107 Å². The zero-order valence-corrected chi connectivity index (χ0v) is 10.7. The van der Waals surface area contributed by atoms with Gasteiger partial charge in [-0.25, -0.2) is 0 Å². The third-order valence-corrected chi connectivity index (χ3v) is 2.78. The first-order valence-corrected chi connectivity index (χ1v) is 6.05. The number of hydrogen-bond acceptors (Lipinski definition) is 4. The van der Waals surface area contributed by atoms with Gasteiger partial charge in [0.15, 0.2) is 5.82 Å². The summed E-state index contributed by atoms with van der Waals surface area (Å²) in [7, 11) is 0. The molecule has 1 aromatic heterocycles. The summed E-state index contributed by atoms with van der Waals surface area (Å²) in [6, 6.07) is 12.2. The van der Waals surface area contributed by atoms with E-state index < -0.39 is 0 Å². The van der Waals surface area contributed by atoms with Crippen molar-refractivity contribution in [3.8, 4) is 0 Å². The molecule has 0 fully saturated rings. The molecule has 2 N–H and O–H groups in total. The van der Waals surface area contributed by atoms with Crippen LogP contribution in [0.4, 0.5) is 11.5 Å². The average molecular weight is 242 g/mol. The monoisotopic (exact) mass is 242 g/mol. The van der Waals surface area contributed by atoms with Gasteiger partial charge in [-0.1, -0.05) is 12.1 Å². The van der Waals surface area contributed by atoms with Gasteiger partial charge in [-0.05, 0) is 43.7 Å². The fraction of sp³-hybridized carbons (Fsp3) is 0.286. The predicted octanol–water partition coefficient (Wildman–Crippen LogP) is 2.47. The van der Waals surface area contributed by atoms with E-state index in [-0.39, 0.29) is 0 Å². The van der Waals surface area contributed by atoms with Crippen molar-refractivity contribution >= 4 is 11.5 Å². The summed E-state index contributed by atoms with van der Waals surface area (Å²) in [6.45, 7) is 5.06. The molecule has 0 aliphatic rings. The Kier molecular flexibility index (Phi) is 3.77. The molecule has 0 spiro atoms. The first-order valence-electron chi connectivity index (χ1n) is 6.05. The second-order valence-corrected chi connectivity index (χ2v) is 4.55. The Balaban J connectivity index is 2.22.